The number of anilines is 1. The fourth-order valence-corrected chi connectivity index (χ4v) is 3.04. The number of nitrogens with one attached hydrogen (secondary N) is 1. The maximum Gasteiger partial charge on any atom is 0.237 e. The molecule has 7 heteroatoms. The molecule has 0 spiro atoms. The molecule has 0 radical (unpaired) electrons. The minimum absolute atomic E-state index is 0.00812. The molecule has 1 amide bonds. The first kappa shape index (κ1) is 18.8. The van der Waals surface area contributed by atoms with Gasteiger partial charge in [0.15, 0.2) is 5.78 Å². The topological polar surface area (TPSA) is 85.1 Å². The summed E-state index contributed by atoms with van der Waals surface area (Å²) in [6.07, 6.45) is 0. The van der Waals surface area contributed by atoms with Crippen molar-refractivity contribution >= 4 is 29.1 Å². The average molecular weight is 381 g/mol. The summed E-state index contributed by atoms with van der Waals surface area (Å²) in [6, 6.07) is 16.4. The average Bonchev–Trinajstić information content (AvgIpc) is 3.16. The van der Waals surface area contributed by atoms with Crippen LogP contribution in [0.2, 0.25) is 0 Å². The minimum atomic E-state index is -0.301. The third-order valence-corrected chi connectivity index (χ3v) is 5.01. The summed E-state index contributed by atoms with van der Waals surface area (Å²) in [5.41, 5.74) is 2.15. The SMILES string of the molecule is CC(=O)c1ccc(NC(=O)[C@H](C)SCc2nc(-c3ccccc3)no2)cc1. The number of nitrogens with zero attached hydrogens (tertiary/aromatic N) is 2. The van der Waals surface area contributed by atoms with Crippen molar-refractivity contribution in [2.24, 2.45) is 0 Å². The van der Waals surface area contributed by atoms with Crippen molar-refractivity contribution in [2.75, 3.05) is 5.32 Å². The number of thioether (sulfide) groups is 1. The molecule has 0 aliphatic carbocycles. The second-order valence-corrected chi connectivity index (χ2v) is 7.28. The van der Waals surface area contributed by atoms with Crippen LogP contribution in [0.5, 0.6) is 0 Å². The lowest BCUT2D eigenvalue weighted by Crippen LogP contribution is -2.22. The van der Waals surface area contributed by atoms with Crippen molar-refractivity contribution < 1.29 is 14.1 Å². The molecule has 138 valence electrons. The van der Waals surface area contributed by atoms with Gasteiger partial charge in [0.05, 0.1) is 11.0 Å². The number of aromatic nitrogens is 2. The van der Waals surface area contributed by atoms with Gasteiger partial charge in [-0.25, -0.2) is 0 Å². The van der Waals surface area contributed by atoms with E-state index in [1.165, 1.54) is 18.7 Å². The molecule has 3 aromatic rings. The van der Waals surface area contributed by atoms with Crippen LogP contribution in [0.15, 0.2) is 59.1 Å². The number of ketones is 1. The highest BCUT2D eigenvalue weighted by Crippen LogP contribution is 2.21. The van der Waals surface area contributed by atoms with Gasteiger partial charge in [0.1, 0.15) is 0 Å². The van der Waals surface area contributed by atoms with Crippen LogP contribution in [-0.2, 0) is 10.5 Å². The number of hydrogen-bond donors (Lipinski definition) is 1. The molecule has 27 heavy (non-hydrogen) atoms. The van der Waals surface area contributed by atoms with E-state index in [0.29, 0.717) is 28.7 Å². The molecule has 0 saturated heterocycles. The number of carbonyl (C=O) groups excluding carboxylic acids is 2. The summed E-state index contributed by atoms with van der Waals surface area (Å²) in [6.45, 7) is 3.32. The smallest absolute Gasteiger partial charge is 0.237 e. The molecule has 0 fully saturated rings. The Hall–Kier alpha value is -2.93. The highest BCUT2D eigenvalue weighted by molar-refractivity contribution is 7.99. The van der Waals surface area contributed by atoms with Crippen LogP contribution in [0.25, 0.3) is 11.4 Å². The summed E-state index contributed by atoms with van der Waals surface area (Å²) in [7, 11) is 0. The second kappa shape index (κ2) is 8.64. The van der Waals surface area contributed by atoms with Crippen LogP contribution >= 0.6 is 11.8 Å². The van der Waals surface area contributed by atoms with Gasteiger partial charge in [0.2, 0.25) is 17.6 Å². The van der Waals surface area contributed by atoms with Gasteiger partial charge in [0, 0.05) is 16.8 Å². The first-order chi connectivity index (χ1) is 13.0. The molecule has 6 nitrogen and oxygen atoms in total. The molecule has 0 aliphatic heterocycles. The van der Waals surface area contributed by atoms with E-state index in [9.17, 15) is 9.59 Å². The Morgan fingerprint density at radius 1 is 1.11 bits per heavy atom. The fraction of sp³-hybridized carbons (Fsp3) is 0.200. The van der Waals surface area contributed by atoms with Gasteiger partial charge in [0.25, 0.3) is 0 Å². The normalized spacial score (nSPS) is 11.8. The molecule has 0 bridgehead atoms. The maximum absolute atomic E-state index is 12.3. The lowest BCUT2D eigenvalue weighted by atomic mass is 10.1. The molecule has 1 N–H and O–H groups in total. The molecule has 2 aromatic carbocycles. The lowest BCUT2D eigenvalue weighted by Gasteiger charge is -2.11. The van der Waals surface area contributed by atoms with E-state index in [4.69, 9.17) is 4.52 Å². The molecule has 0 saturated carbocycles. The first-order valence-electron chi connectivity index (χ1n) is 8.44. The van der Waals surface area contributed by atoms with E-state index in [0.717, 1.165) is 5.56 Å². The monoisotopic (exact) mass is 381 g/mol. The van der Waals surface area contributed by atoms with Crippen LogP contribution in [0.4, 0.5) is 5.69 Å². The van der Waals surface area contributed by atoms with Crippen LogP contribution in [0.3, 0.4) is 0 Å². The highest BCUT2D eigenvalue weighted by Gasteiger charge is 2.16. The number of benzene rings is 2. The van der Waals surface area contributed by atoms with Gasteiger partial charge >= 0.3 is 0 Å². The number of carbonyl (C=O) groups is 2. The molecular formula is C20H19N3O3S. The number of rotatable bonds is 7. The Labute approximate surface area is 161 Å². The number of amides is 1. The van der Waals surface area contributed by atoms with Gasteiger partial charge < -0.3 is 9.84 Å². The van der Waals surface area contributed by atoms with E-state index in [1.54, 1.807) is 24.3 Å². The Bertz CT molecular complexity index is 923. The van der Waals surface area contributed by atoms with Crippen LogP contribution in [0.1, 0.15) is 30.1 Å². The maximum atomic E-state index is 12.3. The van der Waals surface area contributed by atoms with E-state index in [-0.39, 0.29) is 16.9 Å². The number of Topliss-reactive ketones (excluding diaryl/α,β-unsaturated/α-hetero) is 1. The molecule has 3 rings (SSSR count). The van der Waals surface area contributed by atoms with E-state index >= 15 is 0 Å². The third kappa shape index (κ3) is 5.04. The Kier molecular flexibility index (Phi) is 6.03. The molecule has 1 aromatic heterocycles. The Balaban J connectivity index is 1.53. The minimum Gasteiger partial charge on any atom is -0.338 e. The zero-order valence-electron chi connectivity index (χ0n) is 15.0. The van der Waals surface area contributed by atoms with Crippen molar-refractivity contribution in [3.8, 4) is 11.4 Å². The largest absolute Gasteiger partial charge is 0.338 e. The second-order valence-electron chi connectivity index (χ2n) is 5.95. The van der Waals surface area contributed by atoms with Gasteiger partial charge in [-0.1, -0.05) is 35.5 Å². The molecule has 0 aliphatic rings. The highest BCUT2D eigenvalue weighted by atomic mass is 32.2. The Morgan fingerprint density at radius 2 is 1.81 bits per heavy atom. The summed E-state index contributed by atoms with van der Waals surface area (Å²) in [5, 5.41) is 6.51. The van der Waals surface area contributed by atoms with Crippen molar-refractivity contribution in [2.45, 2.75) is 24.9 Å². The first-order valence-corrected chi connectivity index (χ1v) is 9.49. The third-order valence-electron chi connectivity index (χ3n) is 3.89. The zero-order chi connectivity index (χ0) is 19.2. The molecule has 1 heterocycles. The molecular weight excluding hydrogens is 362 g/mol. The van der Waals surface area contributed by atoms with Gasteiger partial charge in [-0.2, -0.15) is 4.98 Å². The van der Waals surface area contributed by atoms with Crippen molar-refractivity contribution in [3.63, 3.8) is 0 Å². The number of hydrogen-bond acceptors (Lipinski definition) is 6. The summed E-state index contributed by atoms with van der Waals surface area (Å²) in [4.78, 5) is 28.0. The quantitative estimate of drug-likeness (QED) is 0.618. The molecule has 1 atom stereocenters. The van der Waals surface area contributed by atoms with Crippen LogP contribution in [-0.4, -0.2) is 27.1 Å². The van der Waals surface area contributed by atoms with Crippen LogP contribution in [0, 0.1) is 0 Å². The predicted octanol–water partition coefficient (Wildman–Crippen LogP) is 4.20. The summed E-state index contributed by atoms with van der Waals surface area (Å²) >= 11 is 1.41. The van der Waals surface area contributed by atoms with Crippen molar-refractivity contribution in [3.05, 3.63) is 66.1 Å². The van der Waals surface area contributed by atoms with Crippen molar-refractivity contribution in [1.29, 1.82) is 0 Å². The lowest BCUT2D eigenvalue weighted by molar-refractivity contribution is -0.115. The van der Waals surface area contributed by atoms with Gasteiger partial charge in [-0.15, -0.1) is 11.8 Å². The summed E-state index contributed by atoms with van der Waals surface area (Å²) in [5.74, 6) is 1.32. The predicted molar refractivity (Wildman–Crippen MR) is 106 cm³/mol. The van der Waals surface area contributed by atoms with Gasteiger partial charge in [-0.3, -0.25) is 9.59 Å². The fourth-order valence-electron chi connectivity index (χ4n) is 2.32. The zero-order valence-corrected chi connectivity index (χ0v) is 15.8. The van der Waals surface area contributed by atoms with Crippen molar-refractivity contribution in [1.82, 2.24) is 10.1 Å². The molecule has 0 unspecified atom stereocenters. The van der Waals surface area contributed by atoms with E-state index < -0.39 is 0 Å². The van der Waals surface area contributed by atoms with E-state index in [2.05, 4.69) is 15.5 Å². The summed E-state index contributed by atoms with van der Waals surface area (Å²) < 4.78 is 5.26. The standard InChI is InChI=1S/C20H19N3O3S/c1-13(24)15-8-10-17(11-9-15)21-20(25)14(2)27-12-18-22-19(23-26-18)16-6-4-3-5-7-16/h3-11,14H,12H2,1-2H3,(H,21,25)/t14-/m0/s1. The van der Waals surface area contributed by atoms with Gasteiger partial charge in [-0.05, 0) is 38.1 Å². The Morgan fingerprint density at radius 3 is 2.48 bits per heavy atom. The van der Waals surface area contributed by atoms with E-state index in [1.807, 2.05) is 37.3 Å². The van der Waals surface area contributed by atoms with Crippen LogP contribution < -0.4 is 5.32 Å².